The van der Waals surface area contributed by atoms with E-state index in [0.29, 0.717) is 17.3 Å². The van der Waals surface area contributed by atoms with Gasteiger partial charge in [0.05, 0.1) is 20.3 Å². The van der Waals surface area contributed by atoms with Gasteiger partial charge < -0.3 is 19.1 Å². The van der Waals surface area contributed by atoms with Crippen molar-refractivity contribution in [2.24, 2.45) is 5.41 Å². The van der Waals surface area contributed by atoms with Crippen molar-refractivity contribution in [2.75, 3.05) is 65.6 Å². The Hall–Kier alpha value is -1.44. The number of hydrogen-bond donors (Lipinski definition) is 0. The highest BCUT2D eigenvalue weighted by Crippen LogP contribution is 2.43. The summed E-state index contributed by atoms with van der Waals surface area (Å²) >= 11 is 0. The number of methoxy groups -OCH3 is 3. The first kappa shape index (κ1) is 18.4. The predicted molar refractivity (Wildman–Crippen MR) is 96.2 cm³/mol. The molecular weight excluding hydrogens is 320 g/mol. The highest BCUT2D eigenvalue weighted by Gasteiger charge is 2.45. The van der Waals surface area contributed by atoms with Crippen LogP contribution in [0.1, 0.15) is 19.3 Å². The summed E-state index contributed by atoms with van der Waals surface area (Å²) < 4.78 is 16.0. The first-order valence-electron chi connectivity index (χ1n) is 9.02. The number of likely N-dealkylation sites (tertiary alicyclic amines) is 1. The summed E-state index contributed by atoms with van der Waals surface area (Å²) in [7, 11) is 5.20. The number of anilines is 1. The van der Waals surface area contributed by atoms with Crippen molar-refractivity contribution >= 4 is 5.82 Å². The molecule has 1 aromatic heterocycles. The molecule has 1 unspecified atom stereocenters. The first-order valence-corrected chi connectivity index (χ1v) is 9.02. The fraction of sp³-hybridized carbons (Fsp3) is 0.778. The van der Waals surface area contributed by atoms with Gasteiger partial charge in [-0.2, -0.15) is 0 Å². The van der Waals surface area contributed by atoms with Crippen LogP contribution >= 0.6 is 0 Å². The van der Waals surface area contributed by atoms with Gasteiger partial charge in [-0.15, -0.1) is 0 Å². The Morgan fingerprint density at radius 2 is 1.96 bits per heavy atom. The minimum absolute atomic E-state index is 0.393. The molecule has 0 aliphatic carbocycles. The molecule has 0 saturated carbocycles. The summed E-state index contributed by atoms with van der Waals surface area (Å²) in [4.78, 5) is 13.4. The first-order chi connectivity index (χ1) is 12.2. The van der Waals surface area contributed by atoms with Gasteiger partial charge >= 0.3 is 0 Å². The Morgan fingerprint density at radius 1 is 1.16 bits per heavy atom. The highest BCUT2D eigenvalue weighted by molar-refractivity contribution is 5.41. The third kappa shape index (κ3) is 4.22. The largest absolute Gasteiger partial charge is 0.481 e. The van der Waals surface area contributed by atoms with Crippen molar-refractivity contribution < 1.29 is 14.2 Å². The smallest absolute Gasteiger partial charge is 0.218 e. The second-order valence-corrected chi connectivity index (χ2v) is 7.18. The van der Waals surface area contributed by atoms with Crippen LogP contribution in [0, 0.1) is 5.41 Å². The van der Waals surface area contributed by atoms with Crippen LogP contribution in [0.2, 0.25) is 0 Å². The Bertz CT molecular complexity index is 549. The maximum atomic E-state index is 5.46. The molecule has 2 aliphatic rings. The zero-order valence-corrected chi connectivity index (χ0v) is 15.6. The van der Waals surface area contributed by atoms with Gasteiger partial charge in [0.25, 0.3) is 0 Å². The van der Waals surface area contributed by atoms with E-state index in [-0.39, 0.29) is 0 Å². The van der Waals surface area contributed by atoms with E-state index in [1.807, 2.05) is 6.07 Å². The van der Waals surface area contributed by atoms with E-state index in [4.69, 9.17) is 14.2 Å². The molecule has 0 amide bonds. The molecule has 1 atom stereocenters. The van der Waals surface area contributed by atoms with Gasteiger partial charge in [0.15, 0.2) is 0 Å². The maximum absolute atomic E-state index is 5.46. The van der Waals surface area contributed by atoms with Gasteiger partial charge in [0.1, 0.15) is 12.1 Å². The van der Waals surface area contributed by atoms with Crippen molar-refractivity contribution in [3.05, 3.63) is 12.4 Å². The zero-order chi connectivity index (χ0) is 17.7. The lowest BCUT2D eigenvalue weighted by Crippen LogP contribution is -2.42. The van der Waals surface area contributed by atoms with Crippen molar-refractivity contribution in [1.82, 2.24) is 14.9 Å². The molecule has 0 aromatic carbocycles. The molecule has 0 N–H and O–H groups in total. The molecule has 1 aromatic rings. The van der Waals surface area contributed by atoms with Crippen molar-refractivity contribution in [3.8, 4) is 5.88 Å². The van der Waals surface area contributed by atoms with Gasteiger partial charge in [0, 0.05) is 52.5 Å². The molecular formula is C18H30N4O3. The lowest BCUT2D eigenvalue weighted by atomic mass is 9.76. The summed E-state index contributed by atoms with van der Waals surface area (Å²) in [6.45, 7) is 5.77. The predicted octanol–water partition coefficient (Wildman–Crippen LogP) is 1.44. The Balaban J connectivity index is 1.62. The topological polar surface area (TPSA) is 60.0 Å². The quantitative estimate of drug-likeness (QED) is 0.737. The average molecular weight is 350 g/mol. The van der Waals surface area contributed by atoms with E-state index >= 15 is 0 Å². The Morgan fingerprint density at radius 3 is 2.64 bits per heavy atom. The molecule has 140 valence electrons. The van der Waals surface area contributed by atoms with Gasteiger partial charge in [-0.05, 0) is 24.7 Å². The molecule has 1 spiro atoms. The van der Waals surface area contributed by atoms with E-state index in [1.165, 1.54) is 19.3 Å². The molecule has 2 fully saturated rings. The van der Waals surface area contributed by atoms with Crippen LogP contribution in [-0.4, -0.2) is 81.6 Å². The molecule has 0 radical (unpaired) electrons. The molecule has 25 heavy (non-hydrogen) atoms. The van der Waals surface area contributed by atoms with Crippen molar-refractivity contribution in [1.29, 1.82) is 0 Å². The van der Waals surface area contributed by atoms with E-state index < -0.39 is 0 Å². The normalized spacial score (nSPS) is 23.3. The minimum Gasteiger partial charge on any atom is -0.481 e. The molecule has 2 aliphatic heterocycles. The number of ether oxygens (including phenoxy) is 3. The Kier molecular flexibility index (Phi) is 6.09. The van der Waals surface area contributed by atoms with Crippen molar-refractivity contribution in [3.63, 3.8) is 0 Å². The van der Waals surface area contributed by atoms with Crippen LogP contribution < -0.4 is 9.64 Å². The lowest BCUT2D eigenvalue weighted by Gasteiger charge is -2.40. The number of nitrogens with zero attached hydrogens (tertiary/aromatic N) is 4. The minimum atomic E-state index is 0.393. The number of rotatable bonds is 7. The SMILES string of the molecule is COCCN1CC2(CCN(c3cc(OC)ncn3)CC2)CC1COC. The summed E-state index contributed by atoms with van der Waals surface area (Å²) in [5, 5.41) is 0. The number of aromatic nitrogens is 2. The lowest BCUT2D eigenvalue weighted by molar-refractivity contribution is 0.0901. The fourth-order valence-electron chi connectivity index (χ4n) is 4.27. The van der Waals surface area contributed by atoms with Crippen LogP contribution in [0.5, 0.6) is 5.88 Å². The third-order valence-corrected chi connectivity index (χ3v) is 5.65. The van der Waals surface area contributed by atoms with Gasteiger partial charge in [-0.1, -0.05) is 0 Å². The van der Waals surface area contributed by atoms with E-state index in [1.54, 1.807) is 27.7 Å². The fourth-order valence-corrected chi connectivity index (χ4v) is 4.27. The van der Waals surface area contributed by atoms with Crippen molar-refractivity contribution in [2.45, 2.75) is 25.3 Å². The van der Waals surface area contributed by atoms with Gasteiger partial charge in [-0.3, -0.25) is 4.90 Å². The highest BCUT2D eigenvalue weighted by atomic mass is 16.5. The van der Waals surface area contributed by atoms with Gasteiger partial charge in [0.2, 0.25) is 5.88 Å². The van der Waals surface area contributed by atoms with Crippen LogP contribution in [-0.2, 0) is 9.47 Å². The van der Waals surface area contributed by atoms with Crippen LogP contribution in [0.4, 0.5) is 5.82 Å². The summed E-state index contributed by atoms with van der Waals surface area (Å²) in [5.74, 6) is 1.58. The average Bonchev–Trinajstić information content (AvgIpc) is 2.98. The van der Waals surface area contributed by atoms with Crippen LogP contribution in [0.3, 0.4) is 0 Å². The second kappa shape index (κ2) is 8.29. The van der Waals surface area contributed by atoms with E-state index in [9.17, 15) is 0 Å². The second-order valence-electron chi connectivity index (χ2n) is 7.18. The van der Waals surface area contributed by atoms with Gasteiger partial charge in [-0.25, -0.2) is 9.97 Å². The maximum Gasteiger partial charge on any atom is 0.218 e. The van der Waals surface area contributed by atoms with E-state index in [2.05, 4.69) is 19.8 Å². The number of piperidine rings is 1. The summed E-state index contributed by atoms with van der Waals surface area (Å²) in [6, 6.07) is 2.43. The standard InChI is InChI=1S/C18H30N4O3/c1-23-9-8-22-13-18(11-15(22)12-24-2)4-6-21(7-5-18)16-10-17(25-3)20-14-19-16/h10,14-15H,4-9,11-13H2,1-3H3. The molecule has 3 rings (SSSR count). The molecule has 7 nitrogen and oxygen atoms in total. The molecule has 0 bridgehead atoms. The molecule has 2 saturated heterocycles. The summed E-state index contributed by atoms with van der Waals surface area (Å²) in [5.41, 5.74) is 0.393. The third-order valence-electron chi connectivity index (χ3n) is 5.65. The van der Waals surface area contributed by atoms with E-state index in [0.717, 1.165) is 45.2 Å². The molecule has 7 heteroatoms. The Labute approximate surface area is 150 Å². The van der Waals surface area contributed by atoms with Crippen LogP contribution in [0.25, 0.3) is 0 Å². The molecule has 3 heterocycles. The van der Waals surface area contributed by atoms with Crippen LogP contribution in [0.15, 0.2) is 12.4 Å². The number of hydrogen-bond acceptors (Lipinski definition) is 7. The monoisotopic (exact) mass is 350 g/mol. The summed E-state index contributed by atoms with van der Waals surface area (Å²) in [6.07, 6.45) is 5.16. The zero-order valence-electron chi connectivity index (χ0n) is 15.6.